The van der Waals surface area contributed by atoms with E-state index in [4.69, 9.17) is 4.74 Å². The van der Waals surface area contributed by atoms with Crippen LogP contribution in [0.5, 0.6) is 11.5 Å². The smallest absolute Gasteiger partial charge is 0.184 e. The largest absolute Gasteiger partial charge is 0.454 e. The Kier molecular flexibility index (Phi) is 6.60. The Labute approximate surface area is 189 Å². The van der Waals surface area contributed by atoms with Crippen molar-refractivity contribution in [3.05, 3.63) is 71.7 Å². The van der Waals surface area contributed by atoms with Gasteiger partial charge in [0.2, 0.25) is 0 Å². The molecule has 0 bridgehead atoms. The van der Waals surface area contributed by atoms with Crippen LogP contribution in [0.2, 0.25) is 0 Å². The van der Waals surface area contributed by atoms with Crippen LogP contribution in [0.25, 0.3) is 16.8 Å². The van der Waals surface area contributed by atoms with Crippen LogP contribution in [0.4, 0.5) is 14.5 Å². The third-order valence-corrected chi connectivity index (χ3v) is 5.93. The van der Waals surface area contributed by atoms with E-state index in [9.17, 15) is 8.78 Å². The van der Waals surface area contributed by atoms with Gasteiger partial charge in [0.25, 0.3) is 0 Å². The summed E-state index contributed by atoms with van der Waals surface area (Å²) in [4.78, 5) is 0. The fourth-order valence-electron chi connectivity index (χ4n) is 3.45. The van der Waals surface area contributed by atoms with Gasteiger partial charge in [-0.15, -0.1) is 10.2 Å². The first-order valence-corrected chi connectivity index (χ1v) is 11.6. The van der Waals surface area contributed by atoms with Crippen LogP contribution >= 0.6 is 11.8 Å². The van der Waals surface area contributed by atoms with E-state index in [-0.39, 0.29) is 5.75 Å². The van der Waals surface area contributed by atoms with Gasteiger partial charge in [-0.3, -0.25) is 4.40 Å². The molecular weight excluding hydrogens is 430 g/mol. The topological polar surface area (TPSA) is 51.5 Å². The molecular formula is C24H24F2N4OS. The van der Waals surface area contributed by atoms with Gasteiger partial charge < -0.3 is 10.1 Å². The number of thioether (sulfide) groups is 1. The van der Waals surface area contributed by atoms with E-state index in [0.717, 1.165) is 58.0 Å². The van der Waals surface area contributed by atoms with Crippen molar-refractivity contribution in [2.24, 2.45) is 0 Å². The van der Waals surface area contributed by atoms with Gasteiger partial charge in [-0.25, -0.2) is 8.78 Å². The van der Waals surface area contributed by atoms with Crippen LogP contribution in [0.1, 0.15) is 25.2 Å². The predicted molar refractivity (Wildman–Crippen MR) is 126 cm³/mol. The number of hydrogen-bond acceptors (Lipinski definition) is 5. The number of hydrogen-bond donors (Lipinski definition) is 1. The highest BCUT2D eigenvalue weighted by Gasteiger charge is 2.16. The average molecular weight is 455 g/mol. The summed E-state index contributed by atoms with van der Waals surface area (Å²) in [5, 5.41) is 11.8. The van der Waals surface area contributed by atoms with E-state index in [0.29, 0.717) is 5.75 Å². The van der Waals surface area contributed by atoms with Gasteiger partial charge in [-0.1, -0.05) is 13.0 Å². The number of ether oxygens (including phenoxy) is 1. The van der Waals surface area contributed by atoms with Crippen molar-refractivity contribution in [2.75, 3.05) is 17.6 Å². The van der Waals surface area contributed by atoms with Crippen molar-refractivity contribution in [1.82, 2.24) is 14.6 Å². The lowest BCUT2D eigenvalue weighted by Crippen LogP contribution is -2.02. The number of aromatic nitrogens is 3. The normalized spacial score (nSPS) is 11.2. The third-order valence-electron chi connectivity index (χ3n) is 4.98. The minimum Gasteiger partial charge on any atom is -0.454 e. The van der Waals surface area contributed by atoms with Crippen LogP contribution < -0.4 is 10.1 Å². The van der Waals surface area contributed by atoms with Crippen LogP contribution in [0.15, 0.2) is 48.7 Å². The highest BCUT2D eigenvalue weighted by atomic mass is 32.2. The van der Waals surface area contributed by atoms with Gasteiger partial charge in [-0.2, -0.15) is 11.8 Å². The first-order valence-electron chi connectivity index (χ1n) is 10.4. The summed E-state index contributed by atoms with van der Waals surface area (Å²) in [6.45, 7) is 6.74. The lowest BCUT2D eigenvalue weighted by Gasteiger charge is -2.16. The number of pyridine rings is 1. The maximum Gasteiger partial charge on any atom is 0.184 e. The van der Waals surface area contributed by atoms with E-state index in [1.165, 1.54) is 12.1 Å². The molecule has 166 valence electrons. The standard InChI is InChI=1S/C24H24F2N4OS/c1-4-27-21-11-17(13-30-15(3)28-29-24(21)30)19-10-16(14-32-5-2)6-8-22(19)31-23-9-7-18(25)12-20(23)26/h6-13,27H,4-5,14H2,1-3H3. The molecule has 4 rings (SSSR count). The van der Waals surface area contributed by atoms with Gasteiger partial charge >= 0.3 is 0 Å². The Morgan fingerprint density at radius 3 is 2.59 bits per heavy atom. The maximum absolute atomic E-state index is 14.3. The highest BCUT2D eigenvalue weighted by molar-refractivity contribution is 7.98. The molecule has 0 aliphatic heterocycles. The summed E-state index contributed by atoms with van der Waals surface area (Å²) in [6.07, 6.45) is 1.95. The first-order chi connectivity index (χ1) is 15.5. The molecule has 0 fully saturated rings. The molecule has 5 nitrogen and oxygen atoms in total. The molecule has 0 radical (unpaired) electrons. The second-order valence-electron chi connectivity index (χ2n) is 7.26. The van der Waals surface area contributed by atoms with E-state index in [1.807, 2.05) is 54.4 Å². The minimum absolute atomic E-state index is 0.0307. The maximum atomic E-state index is 14.3. The lowest BCUT2D eigenvalue weighted by atomic mass is 10.0. The molecule has 1 N–H and O–H groups in total. The molecule has 0 aliphatic carbocycles. The van der Waals surface area contributed by atoms with Gasteiger partial charge in [0.05, 0.1) is 5.69 Å². The van der Waals surface area contributed by atoms with Crippen LogP contribution in [0.3, 0.4) is 0 Å². The van der Waals surface area contributed by atoms with Crippen molar-refractivity contribution in [3.63, 3.8) is 0 Å². The summed E-state index contributed by atoms with van der Waals surface area (Å²) >= 11 is 1.82. The fraction of sp³-hybridized carbons (Fsp3) is 0.250. The molecule has 0 saturated heterocycles. The quantitative estimate of drug-likeness (QED) is 0.331. The predicted octanol–water partition coefficient (Wildman–Crippen LogP) is 6.46. The van der Waals surface area contributed by atoms with Gasteiger partial charge in [-0.05, 0) is 55.5 Å². The van der Waals surface area contributed by atoms with E-state index >= 15 is 0 Å². The first kappa shape index (κ1) is 22.1. The molecule has 0 amide bonds. The Morgan fingerprint density at radius 2 is 1.84 bits per heavy atom. The third kappa shape index (κ3) is 4.55. The number of anilines is 1. The van der Waals surface area contributed by atoms with Crippen molar-refractivity contribution >= 4 is 23.1 Å². The molecule has 0 saturated carbocycles. The molecule has 0 spiro atoms. The zero-order valence-electron chi connectivity index (χ0n) is 18.2. The molecule has 0 aliphatic rings. The van der Waals surface area contributed by atoms with Crippen molar-refractivity contribution in [3.8, 4) is 22.6 Å². The Balaban J connectivity index is 1.86. The molecule has 32 heavy (non-hydrogen) atoms. The molecule has 2 heterocycles. The van der Waals surface area contributed by atoms with Crippen molar-refractivity contribution in [1.29, 1.82) is 0 Å². The number of nitrogens with one attached hydrogen (secondary N) is 1. The van der Waals surface area contributed by atoms with Crippen molar-refractivity contribution in [2.45, 2.75) is 26.5 Å². The molecule has 4 aromatic rings. The second-order valence-corrected chi connectivity index (χ2v) is 8.53. The van der Waals surface area contributed by atoms with Gasteiger partial charge in [0.1, 0.15) is 17.4 Å². The van der Waals surface area contributed by atoms with E-state index < -0.39 is 11.6 Å². The van der Waals surface area contributed by atoms with Gasteiger partial charge in [0, 0.05) is 35.7 Å². The Morgan fingerprint density at radius 1 is 1.03 bits per heavy atom. The van der Waals surface area contributed by atoms with Crippen LogP contribution in [-0.4, -0.2) is 26.9 Å². The summed E-state index contributed by atoms with van der Waals surface area (Å²) in [5.41, 5.74) is 4.38. The summed E-state index contributed by atoms with van der Waals surface area (Å²) in [5.74, 6) is 1.66. The summed E-state index contributed by atoms with van der Waals surface area (Å²) in [6, 6.07) is 11.1. The number of fused-ring (bicyclic) bond motifs is 1. The minimum atomic E-state index is -0.750. The monoisotopic (exact) mass is 454 g/mol. The number of benzene rings is 2. The zero-order chi connectivity index (χ0) is 22.7. The summed E-state index contributed by atoms with van der Waals surface area (Å²) < 4.78 is 35.5. The van der Waals surface area contributed by atoms with Crippen LogP contribution in [0, 0.1) is 18.6 Å². The van der Waals surface area contributed by atoms with Gasteiger partial charge in [0.15, 0.2) is 17.2 Å². The summed E-state index contributed by atoms with van der Waals surface area (Å²) in [7, 11) is 0. The van der Waals surface area contributed by atoms with Crippen molar-refractivity contribution < 1.29 is 13.5 Å². The second kappa shape index (κ2) is 9.56. The highest BCUT2D eigenvalue weighted by Crippen LogP contribution is 2.37. The number of aryl methyl sites for hydroxylation is 1. The average Bonchev–Trinajstić information content (AvgIpc) is 3.16. The molecule has 8 heteroatoms. The SMILES string of the molecule is CCNc1cc(-c2cc(CSCC)ccc2Oc2ccc(F)cc2F)cn2c(C)nnc12. The van der Waals surface area contributed by atoms with Crippen LogP contribution in [-0.2, 0) is 5.75 Å². The van der Waals surface area contributed by atoms with E-state index in [2.05, 4.69) is 28.5 Å². The molecule has 2 aromatic heterocycles. The zero-order valence-corrected chi connectivity index (χ0v) is 19.0. The molecule has 0 unspecified atom stereocenters. The number of halogens is 2. The Bertz CT molecular complexity index is 1260. The fourth-order valence-corrected chi connectivity index (χ4v) is 4.07. The lowest BCUT2D eigenvalue weighted by molar-refractivity contribution is 0.439. The number of nitrogens with zero attached hydrogens (tertiary/aromatic N) is 3. The molecule has 2 aromatic carbocycles. The molecule has 0 atom stereocenters. The number of rotatable bonds is 8. The van der Waals surface area contributed by atoms with E-state index in [1.54, 1.807) is 0 Å². The Hall–Kier alpha value is -3.13.